The molecule has 0 saturated heterocycles. The van der Waals surface area contributed by atoms with Gasteiger partial charge in [0, 0.05) is 19.7 Å². The molecule has 0 aliphatic heterocycles. The van der Waals surface area contributed by atoms with Crippen LogP contribution in [0.2, 0.25) is 0 Å². The van der Waals surface area contributed by atoms with Crippen LogP contribution in [0.3, 0.4) is 0 Å². The number of ether oxygens (including phenoxy) is 1. The predicted molar refractivity (Wildman–Crippen MR) is 82.0 cm³/mol. The van der Waals surface area contributed by atoms with Gasteiger partial charge in [-0.25, -0.2) is 4.79 Å². The Morgan fingerprint density at radius 3 is 2.50 bits per heavy atom. The van der Waals surface area contributed by atoms with E-state index in [2.05, 4.69) is 10.3 Å². The van der Waals surface area contributed by atoms with Crippen molar-refractivity contribution in [2.24, 2.45) is 0 Å². The molecule has 22 heavy (non-hydrogen) atoms. The Morgan fingerprint density at radius 1 is 1.18 bits per heavy atom. The average molecular weight is 298 g/mol. The zero-order valence-corrected chi connectivity index (χ0v) is 12.6. The summed E-state index contributed by atoms with van der Waals surface area (Å²) in [5.41, 5.74) is 2.09. The summed E-state index contributed by atoms with van der Waals surface area (Å²) in [7, 11) is 0. The lowest BCUT2D eigenvalue weighted by molar-refractivity contribution is -0.119. The lowest BCUT2D eigenvalue weighted by Crippen LogP contribution is -2.18. The fourth-order valence-electron chi connectivity index (χ4n) is 1.89. The maximum atomic E-state index is 12.1. The van der Waals surface area contributed by atoms with Gasteiger partial charge in [0.15, 0.2) is 0 Å². The minimum absolute atomic E-state index is 0.0901. The van der Waals surface area contributed by atoms with Gasteiger partial charge < -0.3 is 10.1 Å². The number of nitrogens with one attached hydrogen (secondary N) is 1. The molecule has 0 radical (unpaired) electrons. The minimum atomic E-state index is -0.409. The van der Waals surface area contributed by atoms with Crippen molar-refractivity contribution in [1.29, 1.82) is 0 Å². The first-order chi connectivity index (χ1) is 10.6. The summed E-state index contributed by atoms with van der Waals surface area (Å²) >= 11 is 0. The number of aromatic nitrogens is 1. The molecular formula is C17H18N2O3. The number of esters is 1. The Kier molecular flexibility index (Phi) is 5.25. The van der Waals surface area contributed by atoms with Crippen LogP contribution in [0.4, 0.5) is 0 Å². The fraction of sp³-hybridized carbons (Fsp3) is 0.235. The summed E-state index contributed by atoms with van der Waals surface area (Å²) in [6.45, 7) is 3.69. The Balaban J connectivity index is 1.96. The van der Waals surface area contributed by atoms with Crippen LogP contribution >= 0.6 is 0 Å². The summed E-state index contributed by atoms with van der Waals surface area (Å²) in [6.07, 6.45) is 1.25. The van der Waals surface area contributed by atoms with E-state index in [0.717, 1.165) is 5.56 Å². The molecule has 1 aromatic heterocycles. The molecule has 5 heteroatoms. The second-order valence-corrected chi connectivity index (χ2v) is 4.91. The highest BCUT2D eigenvalue weighted by Crippen LogP contribution is 2.16. The van der Waals surface area contributed by atoms with Gasteiger partial charge in [-0.2, -0.15) is 0 Å². The molecule has 2 rings (SSSR count). The molecule has 0 aliphatic carbocycles. The van der Waals surface area contributed by atoms with Gasteiger partial charge in [-0.15, -0.1) is 0 Å². The summed E-state index contributed by atoms with van der Waals surface area (Å²) in [6, 6.07) is 12.4. The van der Waals surface area contributed by atoms with Crippen LogP contribution in [0.15, 0.2) is 48.7 Å². The maximum Gasteiger partial charge on any atom is 0.338 e. The van der Waals surface area contributed by atoms with E-state index in [1.165, 1.54) is 6.92 Å². The lowest BCUT2D eigenvalue weighted by Gasteiger charge is -2.12. The molecule has 1 aromatic carbocycles. The number of carbonyl (C=O) groups excluding carboxylic acids is 2. The maximum absolute atomic E-state index is 12.1. The molecule has 0 aliphatic rings. The van der Waals surface area contributed by atoms with E-state index in [9.17, 15) is 9.59 Å². The number of benzene rings is 1. The SMILES string of the molecule is CC(=O)NCc1ccc(C(=O)O[C@H](C)c2ccccn2)cc1. The van der Waals surface area contributed by atoms with Gasteiger partial charge in [-0.3, -0.25) is 9.78 Å². The summed E-state index contributed by atoms with van der Waals surface area (Å²) in [4.78, 5) is 27.1. The molecule has 0 unspecified atom stereocenters. The zero-order valence-electron chi connectivity index (χ0n) is 12.6. The number of hydrogen-bond donors (Lipinski definition) is 1. The third kappa shape index (κ3) is 4.41. The minimum Gasteiger partial charge on any atom is -0.453 e. The Hall–Kier alpha value is -2.69. The largest absolute Gasteiger partial charge is 0.453 e. The Labute approximate surface area is 129 Å². The smallest absolute Gasteiger partial charge is 0.338 e. The lowest BCUT2D eigenvalue weighted by atomic mass is 10.1. The molecule has 0 spiro atoms. The van der Waals surface area contributed by atoms with E-state index < -0.39 is 12.1 Å². The molecular weight excluding hydrogens is 280 g/mol. The van der Waals surface area contributed by atoms with Gasteiger partial charge in [0.1, 0.15) is 6.10 Å². The Morgan fingerprint density at radius 2 is 1.91 bits per heavy atom. The second kappa shape index (κ2) is 7.36. The monoisotopic (exact) mass is 298 g/mol. The summed E-state index contributed by atoms with van der Waals surface area (Å²) in [5.74, 6) is -0.489. The molecule has 0 saturated carbocycles. The molecule has 1 atom stereocenters. The molecule has 5 nitrogen and oxygen atoms in total. The molecule has 1 N–H and O–H groups in total. The van der Waals surface area contributed by atoms with Crippen molar-refractivity contribution in [2.75, 3.05) is 0 Å². The quantitative estimate of drug-likeness (QED) is 0.862. The van der Waals surface area contributed by atoms with Crippen molar-refractivity contribution in [3.8, 4) is 0 Å². The van der Waals surface area contributed by atoms with Gasteiger partial charge in [-0.1, -0.05) is 18.2 Å². The third-order valence-corrected chi connectivity index (χ3v) is 3.12. The van der Waals surface area contributed by atoms with Crippen LogP contribution < -0.4 is 5.32 Å². The molecule has 0 fully saturated rings. The first kappa shape index (κ1) is 15.7. The highest BCUT2D eigenvalue weighted by atomic mass is 16.5. The second-order valence-electron chi connectivity index (χ2n) is 4.91. The van der Waals surface area contributed by atoms with Crippen LogP contribution in [-0.2, 0) is 16.1 Å². The summed E-state index contributed by atoms with van der Waals surface area (Å²) < 4.78 is 5.39. The highest BCUT2D eigenvalue weighted by Gasteiger charge is 2.14. The first-order valence-corrected chi connectivity index (χ1v) is 7.01. The fourth-order valence-corrected chi connectivity index (χ4v) is 1.89. The third-order valence-electron chi connectivity index (χ3n) is 3.12. The molecule has 1 heterocycles. The summed E-state index contributed by atoms with van der Waals surface area (Å²) in [5, 5.41) is 2.70. The molecule has 1 amide bonds. The number of nitrogens with zero attached hydrogens (tertiary/aromatic N) is 1. The standard InChI is InChI=1S/C17H18N2O3/c1-12(16-5-3-4-10-18-16)22-17(21)15-8-6-14(7-9-15)11-19-13(2)20/h3-10,12H,11H2,1-2H3,(H,19,20)/t12-/m1/s1. The van der Waals surface area contributed by atoms with Crippen LogP contribution in [-0.4, -0.2) is 16.9 Å². The number of hydrogen-bond acceptors (Lipinski definition) is 4. The van der Waals surface area contributed by atoms with Gasteiger partial charge in [0.25, 0.3) is 0 Å². The van der Waals surface area contributed by atoms with Crippen molar-refractivity contribution in [3.05, 3.63) is 65.5 Å². The van der Waals surface area contributed by atoms with E-state index in [-0.39, 0.29) is 5.91 Å². The number of amides is 1. The van der Waals surface area contributed by atoms with Gasteiger partial charge in [0.05, 0.1) is 11.3 Å². The number of pyridine rings is 1. The van der Waals surface area contributed by atoms with Crippen LogP contribution in [0.1, 0.15) is 41.6 Å². The molecule has 2 aromatic rings. The van der Waals surface area contributed by atoms with Crippen LogP contribution in [0.5, 0.6) is 0 Å². The van der Waals surface area contributed by atoms with E-state index >= 15 is 0 Å². The van der Waals surface area contributed by atoms with Crippen LogP contribution in [0, 0.1) is 0 Å². The first-order valence-electron chi connectivity index (χ1n) is 7.01. The van der Waals surface area contributed by atoms with Crippen molar-refractivity contribution in [1.82, 2.24) is 10.3 Å². The Bertz CT molecular complexity index is 639. The van der Waals surface area contributed by atoms with E-state index in [1.54, 1.807) is 37.4 Å². The predicted octanol–water partition coefficient (Wildman–Crippen LogP) is 2.64. The van der Waals surface area contributed by atoms with Crippen LogP contribution in [0.25, 0.3) is 0 Å². The van der Waals surface area contributed by atoms with Gasteiger partial charge in [0.2, 0.25) is 5.91 Å². The van der Waals surface area contributed by atoms with Crippen molar-refractivity contribution < 1.29 is 14.3 Å². The van der Waals surface area contributed by atoms with E-state index in [1.807, 2.05) is 18.2 Å². The van der Waals surface area contributed by atoms with E-state index in [0.29, 0.717) is 17.8 Å². The normalized spacial score (nSPS) is 11.5. The average Bonchev–Trinajstić information content (AvgIpc) is 2.54. The zero-order chi connectivity index (χ0) is 15.9. The highest BCUT2D eigenvalue weighted by molar-refractivity contribution is 5.89. The number of rotatable bonds is 5. The van der Waals surface area contributed by atoms with Crippen molar-refractivity contribution in [2.45, 2.75) is 26.5 Å². The number of carbonyl (C=O) groups is 2. The van der Waals surface area contributed by atoms with Crippen molar-refractivity contribution >= 4 is 11.9 Å². The topological polar surface area (TPSA) is 68.3 Å². The van der Waals surface area contributed by atoms with Gasteiger partial charge in [-0.05, 0) is 36.8 Å². The molecule has 0 bridgehead atoms. The van der Waals surface area contributed by atoms with Crippen molar-refractivity contribution in [3.63, 3.8) is 0 Å². The van der Waals surface area contributed by atoms with Gasteiger partial charge >= 0.3 is 5.97 Å². The molecule has 114 valence electrons. The van der Waals surface area contributed by atoms with E-state index in [4.69, 9.17) is 4.74 Å².